The van der Waals surface area contributed by atoms with Crippen LogP contribution in [0, 0.1) is 0 Å². The molecule has 0 saturated heterocycles. The minimum absolute atomic E-state index is 0.107. The summed E-state index contributed by atoms with van der Waals surface area (Å²) >= 11 is 0. The maximum atomic E-state index is 11.7. The molecule has 1 aromatic rings. The zero-order valence-electron chi connectivity index (χ0n) is 15.6. The summed E-state index contributed by atoms with van der Waals surface area (Å²) in [5.41, 5.74) is 1.03. The van der Waals surface area contributed by atoms with Crippen LogP contribution in [0.25, 0.3) is 0 Å². The molecular weight excluding hydrogens is 296 g/mol. The van der Waals surface area contributed by atoms with Crippen molar-refractivity contribution in [2.75, 3.05) is 6.61 Å². The highest BCUT2D eigenvalue weighted by Gasteiger charge is 2.03. The summed E-state index contributed by atoms with van der Waals surface area (Å²) in [5, 5.41) is 0. The monoisotopic (exact) mass is 332 g/mol. The Labute approximate surface area is 149 Å². The van der Waals surface area contributed by atoms with Crippen molar-refractivity contribution in [3.05, 3.63) is 35.9 Å². The second kappa shape index (κ2) is 15.2. The average molecular weight is 333 g/mol. The molecule has 0 aromatic heterocycles. The predicted octanol–water partition coefficient (Wildman–Crippen LogP) is 6.47. The first-order valence-corrected chi connectivity index (χ1v) is 10.0. The summed E-state index contributed by atoms with van der Waals surface area (Å²) in [6.07, 6.45) is 16.3. The van der Waals surface area contributed by atoms with E-state index in [1.54, 1.807) is 0 Å². The molecule has 0 aliphatic rings. The van der Waals surface area contributed by atoms with Crippen LogP contribution >= 0.6 is 0 Å². The molecule has 2 heteroatoms. The molecule has 0 unspecified atom stereocenters. The molecule has 0 N–H and O–H groups in total. The van der Waals surface area contributed by atoms with Gasteiger partial charge in [-0.25, -0.2) is 0 Å². The average Bonchev–Trinajstić information content (AvgIpc) is 2.60. The number of ether oxygens (including phenoxy) is 1. The Hall–Kier alpha value is -1.31. The summed E-state index contributed by atoms with van der Waals surface area (Å²) < 4.78 is 5.30. The Bertz CT molecular complexity index is 400. The first kappa shape index (κ1) is 20.7. The molecule has 1 aromatic carbocycles. The van der Waals surface area contributed by atoms with Gasteiger partial charge >= 0.3 is 5.97 Å². The van der Waals surface area contributed by atoms with E-state index in [0.29, 0.717) is 13.0 Å². The van der Waals surface area contributed by atoms with Gasteiger partial charge in [-0.2, -0.15) is 0 Å². The van der Waals surface area contributed by atoms with Gasteiger partial charge in [-0.1, -0.05) is 108 Å². The van der Waals surface area contributed by atoms with Crippen LogP contribution in [0.5, 0.6) is 0 Å². The van der Waals surface area contributed by atoms with Crippen molar-refractivity contribution in [1.29, 1.82) is 0 Å². The maximum Gasteiger partial charge on any atom is 0.310 e. The Balaban J connectivity index is 1.81. The minimum Gasteiger partial charge on any atom is -0.465 e. The number of hydrogen-bond acceptors (Lipinski definition) is 2. The standard InChI is InChI=1S/C22H36O2/c1-2-3-4-5-6-7-8-9-10-11-12-16-19-24-22(23)20-21-17-14-13-15-18-21/h13-15,17-18H,2-12,16,19-20H2,1H3. The second-order valence-corrected chi connectivity index (χ2v) is 6.77. The fourth-order valence-corrected chi connectivity index (χ4v) is 2.94. The summed E-state index contributed by atoms with van der Waals surface area (Å²) in [4.78, 5) is 11.7. The van der Waals surface area contributed by atoms with Gasteiger partial charge in [0.15, 0.2) is 0 Å². The van der Waals surface area contributed by atoms with Gasteiger partial charge in [0.05, 0.1) is 13.0 Å². The Morgan fingerprint density at radius 2 is 1.25 bits per heavy atom. The van der Waals surface area contributed by atoms with Crippen LogP contribution in [0.3, 0.4) is 0 Å². The summed E-state index contributed by atoms with van der Waals surface area (Å²) in [7, 11) is 0. The fraction of sp³-hybridized carbons (Fsp3) is 0.682. The number of unbranched alkanes of at least 4 members (excludes halogenated alkanes) is 11. The van der Waals surface area contributed by atoms with Gasteiger partial charge < -0.3 is 4.74 Å². The molecular formula is C22H36O2. The largest absolute Gasteiger partial charge is 0.465 e. The molecule has 0 aliphatic carbocycles. The Morgan fingerprint density at radius 1 is 0.750 bits per heavy atom. The number of benzene rings is 1. The highest BCUT2D eigenvalue weighted by atomic mass is 16.5. The molecule has 0 bridgehead atoms. The summed E-state index contributed by atoms with van der Waals surface area (Å²) in [6.45, 7) is 2.84. The van der Waals surface area contributed by atoms with Gasteiger partial charge in [0.25, 0.3) is 0 Å². The Kier molecular flexibility index (Phi) is 13.2. The van der Waals surface area contributed by atoms with Crippen LogP contribution in [-0.2, 0) is 16.0 Å². The van der Waals surface area contributed by atoms with Crippen molar-refractivity contribution in [2.45, 2.75) is 90.4 Å². The van der Waals surface area contributed by atoms with Crippen molar-refractivity contribution in [3.63, 3.8) is 0 Å². The van der Waals surface area contributed by atoms with Gasteiger partial charge in [0.1, 0.15) is 0 Å². The normalized spacial score (nSPS) is 10.7. The maximum absolute atomic E-state index is 11.7. The predicted molar refractivity (Wildman–Crippen MR) is 102 cm³/mol. The lowest BCUT2D eigenvalue weighted by atomic mass is 10.1. The third kappa shape index (κ3) is 12.2. The topological polar surface area (TPSA) is 26.3 Å². The molecule has 0 aliphatic heterocycles. The molecule has 0 fully saturated rings. The lowest BCUT2D eigenvalue weighted by molar-refractivity contribution is -0.142. The van der Waals surface area contributed by atoms with E-state index >= 15 is 0 Å². The molecule has 1 rings (SSSR count). The van der Waals surface area contributed by atoms with E-state index in [2.05, 4.69) is 6.92 Å². The molecule has 0 amide bonds. The quantitative estimate of drug-likeness (QED) is 0.271. The van der Waals surface area contributed by atoms with E-state index in [0.717, 1.165) is 12.0 Å². The molecule has 0 spiro atoms. The van der Waals surface area contributed by atoms with Gasteiger partial charge in [-0.3, -0.25) is 4.79 Å². The first-order valence-electron chi connectivity index (χ1n) is 10.0. The van der Waals surface area contributed by atoms with Crippen LogP contribution in [0.2, 0.25) is 0 Å². The summed E-state index contributed by atoms with van der Waals surface area (Å²) in [6, 6.07) is 9.79. The number of carbonyl (C=O) groups is 1. The van der Waals surface area contributed by atoms with Gasteiger partial charge in [0, 0.05) is 0 Å². The molecule has 0 heterocycles. The molecule has 0 radical (unpaired) electrons. The Morgan fingerprint density at radius 3 is 1.79 bits per heavy atom. The molecule has 24 heavy (non-hydrogen) atoms. The highest BCUT2D eigenvalue weighted by molar-refractivity contribution is 5.72. The SMILES string of the molecule is CCCCCCCCCCCCCCOC(=O)Cc1ccccc1. The first-order chi connectivity index (χ1) is 11.8. The van der Waals surface area contributed by atoms with E-state index in [-0.39, 0.29) is 5.97 Å². The molecule has 0 saturated carbocycles. The lowest BCUT2D eigenvalue weighted by Gasteiger charge is -2.05. The van der Waals surface area contributed by atoms with E-state index in [9.17, 15) is 4.79 Å². The van der Waals surface area contributed by atoms with E-state index in [4.69, 9.17) is 4.74 Å². The number of hydrogen-bond donors (Lipinski definition) is 0. The van der Waals surface area contributed by atoms with Crippen LogP contribution in [-0.4, -0.2) is 12.6 Å². The van der Waals surface area contributed by atoms with Crippen molar-refractivity contribution < 1.29 is 9.53 Å². The van der Waals surface area contributed by atoms with Crippen LogP contribution < -0.4 is 0 Å². The minimum atomic E-state index is -0.107. The fourth-order valence-electron chi connectivity index (χ4n) is 2.94. The summed E-state index contributed by atoms with van der Waals surface area (Å²) in [5.74, 6) is -0.107. The van der Waals surface area contributed by atoms with Crippen LogP contribution in [0.1, 0.15) is 89.5 Å². The lowest BCUT2D eigenvalue weighted by Crippen LogP contribution is -2.08. The third-order valence-electron chi connectivity index (χ3n) is 4.45. The van der Waals surface area contributed by atoms with Crippen molar-refractivity contribution in [3.8, 4) is 0 Å². The van der Waals surface area contributed by atoms with Gasteiger partial charge in [-0.15, -0.1) is 0 Å². The van der Waals surface area contributed by atoms with E-state index in [1.807, 2.05) is 30.3 Å². The van der Waals surface area contributed by atoms with Crippen molar-refractivity contribution >= 4 is 5.97 Å². The van der Waals surface area contributed by atoms with Gasteiger partial charge in [0.2, 0.25) is 0 Å². The second-order valence-electron chi connectivity index (χ2n) is 6.77. The highest BCUT2D eigenvalue weighted by Crippen LogP contribution is 2.12. The van der Waals surface area contributed by atoms with E-state index in [1.165, 1.54) is 70.6 Å². The van der Waals surface area contributed by atoms with Crippen LogP contribution in [0.4, 0.5) is 0 Å². The van der Waals surface area contributed by atoms with Gasteiger partial charge in [-0.05, 0) is 12.0 Å². The number of rotatable bonds is 15. The van der Waals surface area contributed by atoms with Crippen molar-refractivity contribution in [1.82, 2.24) is 0 Å². The van der Waals surface area contributed by atoms with Crippen molar-refractivity contribution in [2.24, 2.45) is 0 Å². The van der Waals surface area contributed by atoms with Crippen LogP contribution in [0.15, 0.2) is 30.3 Å². The zero-order valence-corrected chi connectivity index (χ0v) is 15.6. The zero-order chi connectivity index (χ0) is 17.3. The third-order valence-corrected chi connectivity index (χ3v) is 4.45. The smallest absolute Gasteiger partial charge is 0.310 e. The molecule has 2 nitrogen and oxygen atoms in total. The molecule has 0 atom stereocenters. The number of carbonyl (C=O) groups excluding carboxylic acids is 1. The van der Waals surface area contributed by atoms with E-state index < -0.39 is 0 Å². The molecule has 136 valence electrons. The number of esters is 1.